The highest BCUT2D eigenvalue weighted by Crippen LogP contribution is 2.30. The molecule has 0 fully saturated rings. The molecule has 2 nitrogen and oxygen atoms in total. The van der Waals surface area contributed by atoms with E-state index in [2.05, 4.69) is 37.9 Å². The smallest absolute Gasteiger partial charge is 0.0691 e. The third-order valence-electron chi connectivity index (χ3n) is 3.95. The fourth-order valence-corrected chi connectivity index (χ4v) is 2.98. The maximum Gasteiger partial charge on any atom is 0.0691 e. The second-order valence-corrected chi connectivity index (χ2v) is 6.15. The average molecular weight is 246 g/mol. The van der Waals surface area contributed by atoms with Crippen LogP contribution in [0.15, 0.2) is 0 Å². The van der Waals surface area contributed by atoms with Gasteiger partial charge in [0.15, 0.2) is 0 Å². The van der Waals surface area contributed by atoms with Gasteiger partial charge < -0.3 is 0 Å². The summed E-state index contributed by atoms with van der Waals surface area (Å²) in [6, 6.07) is 0. The number of fused-ring (bicyclic) bond motifs is 1. The van der Waals surface area contributed by atoms with E-state index in [1.807, 2.05) is 0 Å². The maximum absolute atomic E-state index is 4.54. The van der Waals surface area contributed by atoms with Crippen LogP contribution in [0.5, 0.6) is 0 Å². The van der Waals surface area contributed by atoms with Crippen molar-refractivity contribution >= 4 is 0 Å². The molecule has 1 aliphatic carbocycles. The zero-order valence-electron chi connectivity index (χ0n) is 12.3. The van der Waals surface area contributed by atoms with Crippen molar-refractivity contribution in [1.29, 1.82) is 0 Å². The third kappa shape index (κ3) is 2.73. The molecule has 18 heavy (non-hydrogen) atoms. The van der Waals surface area contributed by atoms with Gasteiger partial charge in [0.1, 0.15) is 0 Å². The minimum absolute atomic E-state index is 0.492. The third-order valence-corrected chi connectivity index (χ3v) is 3.95. The molecule has 0 atom stereocenters. The van der Waals surface area contributed by atoms with Crippen LogP contribution < -0.4 is 0 Å². The van der Waals surface area contributed by atoms with Gasteiger partial charge in [-0.25, -0.2) is 0 Å². The average Bonchev–Trinajstić information content (AvgIpc) is 2.27. The molecule has 0 spiro atoms. The van der Waals surface area contributed by atoms with Gasteiger partial charge in [0.25, 0.3) is 0 Å². The van der Waals surface area contributed by atoms with E-state index in [4.69, 9.17) is 0 Å². The van der Waals surface area contributed by atoms with Crippen LogP contribution >= 0.6 is 0 Å². The van der Waals surface area contributed by atoms with Gasteiger partial charge in [0, 0.05) is 0 Å². The largest absolute Gasteiger partial charge is 0.155 e. The lowest BCUT2D eigenvalue weighted by Gasteiger charge is -2.22. The Labute approximate surface area is 111 Å². The van der Waals surface area contributed by atoms with E-state index in [1.165, 1.54) is 61.0 Å². The molecule has 2 rings (SSSR count). The van der Waals surface area contributed by atoms with Crippen molar-refractivity contribution in [3.8, 4) is 0 Å². The fourth-order valence-electron chi connectivity index (χ4n) is 2.98. The molecule has 0 aromatic carbocycles. The topological polar surface area (TPSA) is 25.8 Å². The number of hydrogen-bond acceptors (Lipinski definition) is 2. The van der Waals surface area contributed by atoms with Crippen molar-refractivity contribution in [1.82, 2.24) is 10.2 Å². The number of nitrogens with zero attached hydrogens (tertiary/aromatic N) is 2. The van der Waals surface area contributed by atoms with Gasteiger partial charge in [-0.2, -0.15) is 10.2 Å². The summed E-state index contributed by atoms with van der Waals surface area (Å²) in [5.41, 5.74) is 5.56. The van der Waals surface area contributed by atoms with Crippen LogP contribution in [0.4, 0.5) is 0 Å². The predicted octanol–water partition coefficient (Wildman–Crippen LogP) is 4.38. The minimum Gasteiger partial charge on any atom is -0.155 e. The van der Waals surface area contributed by atoms with Crippen molar-refractivity contribution in [2.24, 2.45) is 0 Å². The van der Waals surface area contributed by atoms with Gasteiger partial charge in [-0.05, 0) is 48.6 Å². The lowest BCUT2D eigenvalue weighted by Crippen LogP contribution is -2.14. The normalized spacial score (nSPS) is 16.6. The molecule has 100 valence electrons. The monoisotopic (exact) mass is 246 g/mol. The highest BCUT2D eigenvalue weighted by molar-refractivity contribution is 5.36. The minimum atomic E-state index is 0.492. The lowest BCUT2D eigenvalue weighted by atomic mass is 9.87. The Bertz CT molecular complexity index is 369. The Morgan fingerprint density at radius 1 is 0.667 bits per heavy atom. The zero-order valence-corrected chi connectivity index (χ0v) is 12.3. The van der Waals surface area contributed by atoms with Crippen LogP contribution in [0.25, 0.3) is 0 Å². The van der Waals surface area contributed by atoms with E-state index in [9.17, 15) is 0 Å². The predicted molar refractivity (Wildman–Crippen MR) is 76.1 cm³/mol. The van der Waals surface area contributed by atoms with E-state index in [1.54, 1.807) is 0 Å². The van der Waals surface area contributed by atoms with E-state index in [-0.39, 0.29) is 0 Å². The fraction of sp³-hybridized carbons (Fsp3) is 0.750. The first kappa shape index (κ1) is 13.5. The van der Waals surface area contributed by atoms with Gasteiger partial charge in [-0.1, -0.05) is 40.5 Å². The second-order valence-electron chi connectivity index (χ2n) is 6.15. The van der Waals surface area contributed by atoms with E-state index in [0.717, 1.165) is 0 Å². The summed E-state index contributed by atoms with van der Waals surface area (Å²) in [5.74, 6) is 0.985. The van der Waals surface area contributed by atoms with Gasteiger partial charge in [-0.15, -0.1) is 0 Å². The molecule has 1 aliphatic rings. The molecule has 0 radical (unpaired) electrons. The summed E-state index contributed by atoms with van der Waals surface area (Å²) >= 11 is 0. The Balaban J connectivity index is 2.52. The van der Waals surface area contributed by atoms with Crippen LogP contribution in [0.2, 0.25) is 0 Å². The molecule has 0 N–H and O–H groups in total. The summed E-state index contributed by atoms with van der Waals surface area (Å²) in [4.78, 5) is 0. The molecule has 2 heteroatoms. The first-order valence-corrected chi connectivity index (χ1v) is 7.49. The summed E-state index contributed by atoms with van der Waals surface area (Å²) < 4.78 is 0. The molecule has 1 aromatic heterocycles. The molecular formula is C16H26N2. The number of hydrogen-bond donors (Lipinski definition) is 0. The Morgan fingerprint density at radius 3 is 1.39 bits per heavy atom. The quantitative estimate of drug-likeness (QED) is 0.773. The standard InChI is InChI=1S/C16H26N2/c1-11(2)15-13-9-7-5-6-8-10-14(13)16(12(3)4)18-17-15/h11-12H,5-10H2,1-4H3. The van der Waals surface area contributed by atoms with Crippen molar-refractivity contribution < 1.29 is 0 Å². The first-order chi connectivity index (χ1) is 8.61. The van der Waals surface area contributed by atoms with Crippen LogP contribution in [0, 0.1) is 0 Å². The molecule has 0 aliphatic heterocycles. The van der Waals surface area contributed by atoms with Gasteiger partial charge in [0.2, 0.25) is 0 Å². The molecular weight excluding hydrogens is 220 g/mol. The summed E-state index contributed by atoms with van der Waals surface area (Å²) in [6.45, 7) is 8.94. The maximum atomic E-state index is 4.54. The second kappa shape index (κ2) is 5.81. The Morgan fingerprint density at radius 2 is 1.06 bits per heavy atom. The van der Waals surface area contributed by atoms with Gasteiger partial charge in [-0.3, -0.25) is 0 Å². The van der Waals surface area contributed by atoms with E-state index >= 15 is 0 Å². The van der Waals surface area contributed by atoms with E-state index < -0.39 is 0 Å². The van der Waals surface area contributed by atoms with Crippen molar-refractivity contribution in [3.05, 3.63) is 22.5 Å². The van der Waals surface area contributed by atoms with Crippen LogP contribution in [-0.4, -0.2) is 10.2 Å². The summed E-state index contributed by atoms with van der Waals surface area (Å²) in [6.07, 6.45) is 7.79. The number of aromatic nitrogens is 2. The zero-order chi connectivity index (χ0) is 13.1. The highest BCUT2D eigenvalue weighted by atomic mass is 15.1. The van der Waals surface area contributed by atoms with Crippen LogP contribution in [-0.2, 0) is 12.8 Å². The van der Waals surface area contributed by atoms with Crippen LogP contribution in [0.1, 0.15) is 87.7 Å². The van der Waals surface area contributed by atoms with E-state index in [0.29, 0.717) is 11.8 Å². The first-order valence-electron chi connectivity index (χ1n) is 7.49. The molecule has 0 unspecified atom stereocenters. The molecule has 0 amide bonds. The van der Waals surface area contributed by atoms with Crippen molar-refractivity contribution in [2.45, 2.75) is 78.1 Å². The van der Waals surface area contributed by atoms with Gasteiger partial charge >= 0.3 is 0 Å². The molecule has 0 saturated carbocycles. The Hall–Kier alpha value is -0.920. The highest BCUT2D eigenvalue weighted by Gasteiger charge is 2.20. The lowest BCUT2D eigenvalue weighted by molar-refractivity contribution is 0.589. The molecule has 1 aromatic rings. The summed E-state index contributed by atoms with van der Waals surface area (Å²) in [5, 5.41) is 9.07. The molecule has 0 saturated heterocycles. The Kier molecular flexibility index (Phi) is 4.36. The summed E-state index contributed by atoms with van der Waals surface area (Å²) in [7, 11) is 0. The van der Waals surface area contributed by atoms with Crippen molar-refractivity contribution in [3.63, 3.8) is 0 Å². The SMILES string of the molecule is CC(C)c1nnc(C(C)C)c2c1CCCCCC2. The van der Waals surface area contributed by atoms with Gasteiger partial charge in [0.05, 0.1) is 11.4 Å². The number of rotatable bonds is 2. The van der Waals surface area contributed by atoms with Crippen molar-refractivity contribution in [2.75, 3.05) is 0 Å². The molecule has 0 bridgehead atoms. The molecule has 1 heterocycles. The van der Waals surface area contributed by atoms with Crippen LogP contribution in [0.3, 0.4) is 0 Å².